The number of unbranched alkanes of at least 4 members (excludes halogenated alkanes) is 6. The van der Waals surface area contributed by atoms with E-state index in [0.717, 1.165) is 31.8 Å². The van der Waals surface area contributed by atoms with Crippen LogP contribution in [-0.2, 0) is 28.6 Å². The van der Waals surface area contributed by atoms with Crippen molar-refractivity contribution in [3.8, 4) is 0 Å². The van der Waals surface area contributed by atoms with Gasteiger partial charge < -0.3 is 14.2 Å². The molecule has 0 saturated heterocycles. The van der Waals surface area contributed by atoms with Gasteiger partial charge in [0.05, 0.1) is 19.8 Å². The van der Waals surface area contributed by atoms with Crippen LogP contribution < -0.4 is 0 Å². The van der Waals surface area contributed by atoms with Gasteiger partial charge in [0.1, 0.15) is 0 Å². The van der Waals surface area contributed by atoms with E-state index in [1.165, 1.54) is 37.8 Å². The molecule has 0 aromatic rings. The highest BCUT2D eigenvalue weighted by Gasteiger charge is 1.94. The minimum absolute atomic E-state index is 0.312. The molecule has 29 heavy (non-hydrogen) atoms. The van der Waals surface area contributed by atoms with Gasteiger partial charge in [0, 0.05) is 18.2 Å². The van der Waals surface area contributed by atoms with Crippen molar-refractivity contribution in [3.63, 3.8) is 0 Å². The van der Waals surface area contributed by atoms with E-state index in [4.69, 9.17) is 4.74 Å². The maximum atomic E-state index is 10.6. The number of hydrogen-bond donors (Lipinski definition) is 0. The van der Waals surface area contributed by atoms with Crippen LogP contribution in [0.15, 0.2) is 38.0 Å². The highest BCUT2D eigenvalue weighted by atomic mass is 16.5. The third kappa shape index (κ3) is 33.6. The lowest BCUT2D eigenvalue weighted by atomic mass is 10.1. The molecule has 0 aromatic carbocycles. The van der Waals surface area contributed by atoms with Crippen molar-refractivity contribution < 1.29 is 28.6 Å². The van der Waals surface area contributed by atoms with E-state index >= 15 is 0 Å². The minimum atomic E-state index is -0.359. The van der Waals surface area contributed by atoms with Crippen LogP contribution in [0.5, 0.6) is 0 Å². The first-order chi connectivity index (χ1) is 13.9. The Labute approximate surface area is 177 Å². The Hall–Kier alpha value is -2.37. The summed E-state index contributed by atoms with van der Waals surface area (Å²) in [7, 11) is 0. The monoisotopic (exact) mass is 412 g/mol. The van der Waals surface area contributed by atoms with Crippen molar-refractivity contribution in [2.45, 2.75) is 72.1 Å². The second-order valence-electron chi connectivity index (χ2n) is 5.82. The Balaban J connectivity index is -0.000000370. The van der Waals surface area contributed by atoms with Gasteiger partial charge in [-0.2, -0.15) is 0 Å². The molecule has 0 amide bonds. The Morgan fingerprint density at radius 1 is 0.586 bits per heavy atom. The van der Waals surface area contributed by atoms with Crippen LogP contribution in [0.25, 0.3) is 0 Å². The van der Waals surface area contributed by atoms with Crippen LogP contribution in [0.1, 0.15) is 72.1 Å². The lowest BCUT2D eigenvalue weighted by Crippen LogP contribution is -2.01. The fraction of sp³-hybridized carbons (Fsp3) is 0.609. The van der Waals surface area contributed by atoms with E-state index in [2.05, 4.69) is 36.1 Å². The van der Waals surface area contributed by atoms with E-state index in [9.17, 15) is 14.4 Å². The fourth-order valence-corrected chi connectivity index (χ4v) is 1.69. The van der Waals surface area contributed by atoms with Crippen LogP contribution in [0.3, 0.4) is 0 Å². The maximum absolute atomic E-state index is 10.6. The van der Waals surface area contributed by atoms with Gasteiger partial charge in [-0.3, -0.25) is 0 Å². The average Bonchev–Trinajstić information content (AvgIpc) is 2.74. The predicted octanol–water partition coefficient (Wildman–Crippen LogP) is 5.33. The molecule has 0 atom stereocenters. The Morgan fingerprint density at radius 2 is 0.966 bits per heavy atom. The maximum Gasteiger partial charge on any atom is 0.330 e. The molecule has 6 nitrogen and oxygen atoms in total. The van der Waals surface area contributed by atoms with Crippen molar-refractivity contribution >= 4 is 17.9 Å². The van der Waals surface area contributed by atoms with Gasteiger partial charge in [-0.25, -0.2) is 14.4 Å². The van der Waals surface area contributed by atoms with Gasteiger partial charge in [-0.05, 0) is 19.8 Å². The van der Waals surface area contributed by atoms with Crippen LogP contribution in [0.2, 0.25) is 0 Å². The summed E-state index contributed by atoms with van der Waals surface area (Å²) in [6, 6.07) is 0. The number of rotatable bonds is 14. The van der Waals surface area contributed by atoms with Gasteiger partial charge in [0.15, 0.2) is 0 Å². The summed E-state index contributed by atoms with van der Waals surface area (Å²) in [6.45, 7) is 17.3. The first-order valence-corrected chi connectivity index (χ1v) is 10.3. The fourth-order valence-electron chi connectivity index (χ4n) is 1.69. The molecule has 0 aliphatic heterocycles. The van der Waals surface area contributed by atoms with E-state index < -0.39 is 0 Å². The topological polar surface area (TPSA) is 78.9 Å². The molecule has 0 spiro atoms. The normalized spacial score (nSPS) is 8.79. The Kier molecular flexibility index (Phi) is 30.1. The number of hydrogen-bond acceptors (Lipinski definition) is 6. The molecule has 0 saturated carbocycles. The molecule has 0 radical (unpaired) electrons. The van der Waals surface area contributed by atoms with E-state index in [-0.39, 0.29) is 17.9 Å². The molecule has 0 unspecified atom stereocenters. The summed E-state index contributed by atoms with van der Waals surface area (Å²) in [6.07, 6.45) is 12.8. The van der Waals surface area contributed by atoms with Crippen molar-refractivity contribution in [3.05, 3.63) is 38.0 Å². The van der Waals surface area contributed by atoms with Crippen LogP contribution in [-0.4, -0.2) is 37.7 Å². The molecule has 0 N–H and O–H groups in total. The predicted molar refractivity (Wildman–Crippen MR) is 117 cm³/mol. The second-order valence-corrected chi connectivity index (χ2v) is 5.82. The Morgan fingerprint density at radius 3 is 1.34 bits per heavy atom. The third-order valence-electron chi connectivity index (χ3n) is 3.27. The highest BCUT2D eigenvalue weighted by Crippen LogP contribution is 2.04. The average molecular weight is 413 g/mol. The summed E-state index contributed by atoms with van der Waals surface area (Å²) in [5, 5.41) is 0. The first kappa shape index (κ1) is 31.3. The molecule has 168 valence electrons. The molecule has 0 aliphatic rings. The van der Waals surface area contributed by atoms with Gasteiger partial charge in [-0.15, -0.1) is 0 Å². The summed E-state index contributed by atoms with van der Waals surface area (Å²) in [5.74, 6) is -1.00. The summed E-state index contributed by atoms with van der Waals surface area (Å²) in [4.78, 5) is 31.0. The molecule has 6 heteroatoms. The van der Waals surface area contributed by atoms with Crippen molar-refractivity contribution in [2.75, 3.05) is 19.8 Å². The standard InChI is InChI=1S/C11H20O2.C7H12O2.C5H8O2/c1-3-5-6-7-8-9-10-13-11(12)4-2;1-3-5-6-9-7(8)4-2;1-3-5(6)7-4-2/h4H,2-3,5-10H2,1H3;4H,2-3,5-6H2,1H3;3H,1,4H2,2H3. The number of esters is 3. The molecule has 0 aliphatic carbocycles. The number of carbonyl (C=O) groups excluding carboxylic acids is 3. The molecular weight excluding hydrogens is 372 g/mol. The van der Waals surface area contributed by atoms with E-state index in [0.29, 0.717) is 19.8 Å². The van der Waals surface area contributed by atoms with E-state index in [1.54, 1.807) is 6.92 Å². The zero-order valence-electron chi connectivity index (χ0n) is 18.6. The van der Waals surface area contributed by atoms with Crippen molar-refractivity contribution in [2.24, 2.45) is 0 Å². The van der Waals surface area contributed by atoms with Gasteiger partial charge >= 0.3 is 17.9 Å². The lowest BCUT2D eigenvalue weighted by Gasteiger charge is -2.01. The summed E-state index contributed by atoms with van der Waals surface area (Å²) >= 11 is 0. The molecule has 0 fully saturated rings. The van der Waals surface area contributed by atoms with Crippen molar-refractivity contribution in [1.29, 1.82) is 0 Å². The smallest absolute Gasteiger partial charge is 0.330 e. The first-order valence-electron chi connectivity index (χ1n) is 10.3. The van der Waals surface area contributed by atoms with Gasteiger partial charge in [0.25, 0.3) is 0 Å². The quantitative estimate of drug-likeness (QED) is 0.166. The van der Waals surface area contributed by atoms with Gasteiger partial charge in [0.2, 0.25) is 0 Å². The highest BCUT2D eigenvalue weighted by molar-refractivity contribution is 5.81. The van der Waals surface area contributed by atoms with Gasteiger partial charge in [-0.1, -0.05) is 72.1 Å². The number of ether oxygens (including phenoxy) is 3. The molecular formula is C23H40O6. The zero-order valence-corrected chi connectivity index (χ0v) is 18.6. The third-order valence-corrected chi connectivity index (χ3v) is 3.27. The molecule has 0 rings (SSSR count). The SMILES string of the molecule is C=CC(=O)OCC.C=CC(=O)OCCCC.C=CC(=O)OCCCCCCCC. The molecule has 0 heterocycles. The van der Waals surface area contributed by atoms with Crippen LogP contribution in [0, 0.1) is 0 Å². The summed E-state index contributed by atoms with van der Waals surface area (Å²) < 4.78 is 13.9. The summed E-state index contributed by atoms with van der Waals surface area (Å²) in [5.41, 5.74) is 0. The zero-order chi connectivity index (χ0) is 22.8. The lowest BCUT2D eigenvalue weighted by molar-refractivity contribution is -0.138. The minimum Gasteiger partial charge on any atom is -0.463 e. The molecule has 0 aromatic heterocycles. The second kappa shape index (κ2) is 27.8. The Bertz CT molecular complexity index is 443. The van der Waals surface area contributed by atoms with E-state index in [1.807, 2.05) is 6.92 Å². The largest absolute Gasteiger partial charge is 0.463 e. The van der Waals surface area contributed by atoms with Crippen molar-refractivity contribution in [1.82, 2.24) is 0 Å². The number of carbonyl (C=O) groups is 3. The van der Waals surface area contributed by atoms with Crippen LogP contribution in [0.4, 0.5) is 0 Å². The van der Waals surface area contributed by atoms with Crippen LogP contribution >= 0.6 is 0 Å². The molecule has 0 bridgehead atoms.